The summed E-state index contributed by atoms with van der Waals surface area (Å²) in [7, 11) is 4.00. The van der Waals surface area contributed by atoms with Gasteiger partial charge in [0.2, 0.25) is 0 Å². The Morgan fingerprint density at radius 2 is 2.12 bits per heavy atom. The van der Waals surface area contributed by atoms with Crippen molar-refractivity contribution in [2.75, 3.05) is 19.0 Å². The van der Waals surface area contributed by atoms with Gasteiger partial charge in [-0.2, -0.15) is 0 Å². The van der Waals surface area contributed by atoms with Crippen molar-refractivity contribution in [1.82, 2.24) is 14.5 Å². The first-order valence-electron chi connectivity index (χ1n) is 5.84. The Bertz CT molecular complexity index is 488. The number of rotatable bonds is 4. The van der Waals surface area contributed by atoms with Gasteiger partial charge in [-0.25, -0.2) is 9.97 Å². The maximum atomic E-state index is 4.60. The molecule has 0 aliphatic carbocycles. The summed E-state index contributed by atoms with van der Waals surface area (Å²) in [5.74, 6) is 2.09. The van der Waals surface area contributed by atoms with Gasteiger partial charge >= 0.3 is 0 Å². The van der Waals surface area contributed by atoms with E-state index < -0.39 is 0 Å². The number of hydrogen-bond acceptors (Lipinski definition) is 3. The Hall–Kier alpha value is -1.84. The van der Waals surface area contributed by atoms with Crippen molar-refractivity contribution in [2.24, 2.45) is 0 Å². The molecule has 0 unspecified atom stereocenters. The summed E-state index contributed by atoms with van der Waals surface area (Å²) in [5, 5.41) is 0. The molecule has 17 heavy (non-hydrogen) atoms. The lowest BCUT2D eigenvalue weighted by molar-refractivity contribution is 0.716. The van der Waals surface area contributed by atoms with E-state index in [0.717, 1.165) is 30.3 Å². The van der Waals surface area contributed by atoms with Gasteiger partial charge in [0.25, 0.3) is 0 Å². The van der Waals surface area contributed by atoms with Crippen LogP contribution in [0.1, 0.15) is 18.4 Å². The van der Waals surface area contributed by atoms with Gasteiger partial charge in [0, 0.05) is 32.9 Å². The molecule has 0 bridgehead atoms. The number of hydrogen-bond donors (Lipinski definition) is 0. The molecule has 0 aliphatic heterocycles. The lowest BCUT2D eigenvalue weighted by atomic mass is 10.3. The predicted molar refractivity (Wildman–Crippen MR) is 69.3 cm³/mol. The summed E-state index contributed by atoms with van der Waals surface area (Å²) in [5.41, 5.74) is 1.06. The number of aromatic nitrogens is 3. The van der Waals surface area contributed by atoms with Crippen molar-refractivity contribution in [3.05, 3.63) is 42.1 Å². The number of imidazole rings is 1. The Morgan fingerprint density at radius 3 is 2.82 bits per heavy atom. The quantitative estimate of drug-likeness (QED) is 0.805. The summed E-state index contributed by atoms with van der Waals surface area (Å²) >= 11 is 0. The Labute approximate surface area is 102 Å². The second-order valence-corrected chi connectivity index (χ2v) is 4.21. The van der Waals surface area contributed by atoms with Crippen molar-refractivity contribution < 1.29 is 0 Å². The summed E-state index contributed by atoms with van der Waals surface area (Å²) in [4.78, 5) is 10.9. The van der Waals surface area contributed by atoms with Gasteiger partial charge in [0.15, 0.2) is 0 Å². The molecule has 90 valence electrons. The van der Waals surface area contributed by atoms with E-state index >= 15 is 0 Å². The Balaban J connectivity index is 2.21. The molecule has 0 spiro atoms. The fraction of sp³-hybridized carbons (Fsp3) is 0.385. The standard InChI is InChI=1S/C13H18N4/c1-4-12-14-8-9-17(12)10-11-6-5-7-13(15-11)16(2)3/h5-9H,4,10H2,1-3H3. The molecule has 0 aromatic carbocycles. The van der Waals surface area contributed by atoms with E-state index in [9.17, 15) is 0 Å². The van der Waals surface area contributed by atoms with Crippen LogP contribution < -0.4 is 4.90 Å². The minimum atomic E-state index is 0.783. The summed E-state index contributed by atoms with van der Waals surface area (Å²) < 4.78 is 2.14. The molecule has 0 N–H and O–H groups in total. The molecule has 0 atom stereocenters. The van der Waals surface area contributed by atoms with Gasteiger partial charge < -0.3 is 9.47 Å². The van der Waals surface area contributed by atoms with Crippen LogP contribution in [0.4, 0.5) is 5.82 Å². The SMILES string of the molecule is CCc1nccn1Cc1cccc(N(C)C)n1. The van der Waals surface area contributed by atoms with Gasteiger partial charge in [0.1, 0.15) is 11.6 Å². The molecule has 0 fully saturated rings. The maximum absolute atomic E-state index is 4.60. The van der Waals surface area contributed by atoms with E-state index in [1.165, 1.54) is 0 Å². The molecular weight excluding hydrogens is 212 g/mol. The zero-order valence-corrected chi connectivity index (χ0v) is 10.6. The first-order chi connectivity index (χ1) is 8.20. The molecule has 2 heterocycles. The van der Waals surface area contributed by atoms with Crippen LogP contribution in [0.5, 0.6) is 0 Å². The van der Waals surface area contributed by atoms with Crippen LogP contribution in [0.3, 0.4) is 0 Å². The molecule has 0 saturated carbocycles. The molecular formula is C13H18N4. The van der Waals surface area contributed by atoms with Crippen LogP contribution in [-0.4, -0.2) is 28.6 Å². The molecule has 4 heteroatoms. The van der Waals surface area contributed by atoms with Crippen LogP contribution in [0.15, 0.2) is 30.6 Å². The number of nitrogens with zero attached hydrogens (tertiary/aromatic N) is 4. The second kappa shape index (κ2) is 4.99. The van der Waals surface area contributed by atoms with Crippen LogP contribution in [-0.2, 0) is 13.0 Å². The summed E-state index contributed by atoms with van der Waals surface area (Å²) in [6.07, 6.45) is 4.79. The minimum Gasteiger partial charge on any atom is -0.363 e. The molecule has 0 aliphatic rings. The molecule has 0 radical (unpaired) electrons. The third-order valence-corrected chi connectivity index (χ3v) is 2.70. The first-order valence-corrected chi connectivity index (χ1v) is 5.84. The van der Waals surface area contributed by atoms with Gasteiger partial charge in [-0.05, 0) is 12.1 Å². The lowest BCUT2D eigenvalue weighted by Gasteiger charge is -2.13. The van der Waals surface area contributed by atoms with Crippen LogP contribution in [0, 0.1) is 0 Å². The average Bonchev–Trinajstić information content (AvgIpc) is 2.76. The van der Waals surface area contributed by atoms with Crippen LogP contribution >= 0.6 is 0 Å². The average molecular weight is 230 g/mol. The highest BCUT2D eigenvalue weighted by atomic mass is 15.1. The molecule has 2 aromatic rings. The van der Waals surface area contributed by atoms with Crippen molar-refractivity contribution in [1.29, 1.82) is 0 Å². The fourth-order valence-corrected chi connectivity index (χ4v) is 1.78. The number of pyridine rings is 1. The summed E-state index contributed by atoms with van der Waals surface area (Å²) in [6.45, 7) is 2.90. The van der Waals surface area contributed by atoms with Crippen molar-refractivity contribution in [3.8, 4) is 0 Å². The highest BCUT2D eigenvalue weighted by Crippen LogP contribution is 2.10. The maximum Gasteiger partial charge on any atom is 0.128 e. The number of anilines is 1. The smallest absolute Gasteiger partial charge is 0.128 e. The zero-order chi connectivity index (χ0) is 12.3. The van der Waals surface area contributed by atoms with Gasteiger partial charge in [-0.1, -0.05) is 13.0 Å². The van der Waals surface area contributed by atoms with E-state index in [1.807, 2.05) is 49.6 Å². The Morgan fingerprint density at radius 1 is 1.29 bits per heavy atom. The van der Waals surface area contributed by atoms with Crippen LogP contribution in [0.2, 0.25) is 0 Å². The third kappa shape index (κ3) is 2.64. The molecule has 2 rings (SSSR count). The fourth-order valence-electron chi connectivity index (χ4n) is 1.78. The van der Waals surface area contributed by atoms with Gasteiger partial charge in [0.05, 0.1) is 12.2 Å². The van der Waals surface area contributed by atoms with E-state index in [0.29, 0.717) is 0 Å². The minimum absolute atomic E-state index is 0.783. The normalized spacial score (nSPS) is 10.5. The summed E-state index contributed by atoms with van der Waals surface area (Å²) in [6, 6.07) is 6.10. The molecule has 0 amide bonds. The highest BCUT2D eigenvalue weighted by molar-refractivity contribution is 5.37. The zero-order valence-electron chi connectivity index (χ0n) is 10.6. The largest absolute Gasteiger partial charge is 0.363 e. The van der Waals surface area contributed by atoms with Crippen LogP contribution in [0.25, 0.3) is 0 Å². The topological polar surface area (TPSA) is 34.0 Å². The lowest BCUT2D eigenvalue weighted by Crippen LogP contribution is -2.12. The third-order valence-electron chi connectivity index (χ3n) is 2.70. The Kier molecular flexibility index (Phi) is 3.42. The number of aryl methyl sites for hydroxylation is 1. The molecule has 0 saturated heterocycles. The van der Waals surface area contributed by atoms with Gasteiger partial charge in [-0.3, -0.25) is 0 Å². The predicted octanol–water partition coefficient (Wildman–Crippen LogP) is 1.95. The van der Waals surface area contributed by atoms with Crippen molar-refractivity contribution >= 4 is 5.82 Å². The van der Waals surface area contributed by atoms with E-state index in [2.05, 4.69) is 21.5 Å². The second-order valence-electron chi connectivity index (χ2n) is 4.21. The van der Waals surface area contributed by atoms with E-state index in [-0.39, 0.29) is 0 Å². The first kappa shape index (κ1) is 11.6. The van der Waals surface area contributed by atoms with E-state index in [4.69, 9.17) is 0 Å². The van der Waals surface area contributed by atoms with Crippen molar-refractivity contribution in [3.63, 3.8) is 0 Å². The monoisotopic (exact) mass is 230 g/mol. The highest BCUT2D eigenvalue weighted by Gasteiger charge is 2.03. The molecule has 2 aromatic heterocycles. The van der Waals surface area contributed by atoms with E-state index in [1.54, 1.807) is 0 Å². The molecule has 4 nitrogen and oxygen atoms in total. The van der Waals surface area contributed by atoms with Crippen molar-refractivity contribution in [2.45, 2.75) is 19.9 Å². The van der Waals surface area contributed by atoms with Gasteiger partial charge in [-0.15, -0.1) is 0 Å².